The van der Waals surface area contributed by atoms with Gasteiger partial charge >= 0.3 is 5.97 Å². The van der Waals surface area contributed by atoms with Crippen molar-refractivity contribution < 1.29 is 9.53 Å². The van der Waals surface area contributed by atoms with Gasteiger partial charge in [0, 0.05) is 17.3 Å². The fourth-order valence-corrected chi connectivity index (χ4v) is 2.45. The molecule has 1 aliphatic rings. The number of ether oxygens (including phenoxy) is 1. The van der Waals surface area contributed by atoms with E-state index in [0.717, 1.165) is 22.9 Å². The molecule has 1 unspecified atom stereocenters. The highest BCUT2D eigenvalue weighted by Crippen LogP contribution is 2.40. The zero-order valence-corrected chi connectivity index (χ0v) is 10.2. The standard InChI is InChI=1S/C12H13BrO2/c1-2-12(7-6-11(14)15-12)9-4-3-5-10(13)8-9/h3-5,8H,2,6-7H2,1H3. The summed E-state index contributed by atoms with van der Waals surface area (Å²) in [6.45, 7) is 2.06. The van der Waals surface area contributed by atoms with Crippen LogP contribution in [0.4, 0.5) is 0 Å². The van der Waals surface area contributed by atoms with E-state index in [1.54, 1.807) is 0 Å². The van der Waals surface area contributed by atoms with Gasteiger partial charge in [-0.1, -0.05) is 35.0 Å². The molecule has 2 rings (SSSR count). The van der Waals surface area contributed by atoms with E-state index in [4.69, 9.17) is 4.74 Å². The average molecular weight is 269 g/mol. The van der Waals surface area contributed by atoms with Crippen LogP contribution in [0.1, 0.15) is 31.7 Å². The van der Waals surface area contributed by atoms with Crippen molar-refractivity contribution in [3.8, 4) is 0 Å². The van der Waals surface area contributed by atoms with Crippen molar-refractivity contribution in [2.45, 2.75) is 31.8 Å². The van der Waals surface area contributed by atoms with Crippen molar-refractivity contribution in [1.29, 1.82) is 0 Å². The summed E-state index contributed by atoms with van der Waals surface area (Å²) in [6, 6.07) is 8.00. The predicted molar refractivity (Wildman–Crippen MR) is 61.4 cm³/mol. The number of esters is 1. The van der Waals surface area contributed by atoms with E-state index in [9.17, 15) is 4.79 Å². The van der Waals surface area contributed by atoms with Crippen molar-refractivity contribution in [2.24, 2.45) is 0 Å². The lowest BCUT2D eigenvalue weighted by atomic mass is 9.88. The second-order valence-corrected chi connectivity index (χ2v) is 4.75. The molecule has 0 spiro atoms. The summed E-state index contributed by atoms with van der Waals surface area (Å²) in [4.78, 5) is 11.2. The Morgan fingerprint density at radius 1 is 1.53 bits per heavy atom. The lowest BCUT2D eigenvalue weighted by Gasteiger charge is -2.26. The second-order valence-electron chi connectivity index (χ2n) is 3.83. The fraction of sp³-hybridized carbons (Fsp3) is 0.417. The van der Waals surface area contributed by atoms with Gasteiger partial charge in [0.05, 0.1) is 0 Å². The molecule has 1 aliphatic heterocycles. The van der Waals surface area contributed by atoms with Gasteiger partial charge in [0.2, 0.25) is 0 Å². The smallest absolute Gasteiger partial charge is 0.306 e. The molecule has 3 heteroatoms. The van der Waals surface area contributed by atoms with Crippen LogP contribution in [0.15, 0.2) is 28.7 Å². The van der Waals surface area contributed by atoms with Gasteiger partial charge in [-0.2, -0.15) is 0 Å². The Bertz CT molecular complexity index is 389. The third kappa shape index (κ3) is 1.93. The number of benzene rings is 1. The van der Waals surface area contributed by atoms with Crippen molar-refractivity contribution in [1.82, 2.24) is 0 Å². The summed E-state index contributed by atoms with van der Waals surface area (Å²) in [5, 5.41) is 0. The quantitative estimate of drug-likeness (QED) is 0.769. The minimum absolute atomic E-state index is 0.0863. The van der Waals surface area contributed by atoms with Crippen LogP contribution in [0.5, 0.6) is 0 Å². The summed E-state index contributed by atoms with van der Waals surface area (Å²) >= 11 is 3.44. The van der Waals surface area contributed by atoms with E-state index in [-0.39, 0.29) is 11.6 Å². The second kappa shape index (κ2) is 3.97. The maximum absolute atomic E-state index is 11.2. The highest BCUT2D eigenvalue weighted by atomic mass is 79.9. The number of carbonyl (C=O) groups excluding carboxylic acids is 1. The minimum atomic E-state index is -0.388. The highest BCUT2D eigenvalue weighted by molar-refractivity contribution is 9.10. The third-order valence-corrected chi connectivity index (χ3v) is 3.46. The van der Waals surface area contributed by atoms with Crippen LogP contribution in [-0.2, 0) is 15.1 Å². The summed E-state index contributed by atoms with van der Waals surface area (Å²) in [6.07, 6.45) is 2.15. The van der Waals surface area contributed by atoms with Crippen molar-refractivity contribution >= 4 is 21.9 Å². The molecule has 1 aromatic carbocycles. The molecule has 0 saturated carbocycles. The van der Waals surface area contributed by atoms with Crippen molar-refractivity contribution in [3.63, 3.8) is 0 Å². The SMILES string of the molecule is CCC1(c2cccc(Br)c2)CCC(=O)O1. The zero-order chi connectivity index (χ0) is 10.9. The number of cyclic esters (lactones) is 1. The average Bonchev–Trinajstić information content (AvgIpc) is 2.61. The van der Waals surface area contributed by atoms with Crippen LogP contribution in [0, 0.1) is 0 Å². The van der Waals surface area contributed by atoms with Gasteiger partial charge in [0.25, 0.3) is 0 Å². The minimum Gasteiger partial charge on any atom is -0.454 e. The van der Waals surface area contributed by atoms with Crippen molar-refractivity contribution in [2.75, 3.05) is 0 Å². The first-order valence-corrected chi connectivity index (χ1v) is 5.93. The molecule has 0 aromatic heterocycles. The van der Waals surface area contributed by atoms with Gasteiger partial charge in [-0.3, -0.25) is 4.79 Å². The van der Waals surface area contributed by atoms with E-state index < -0.39 is 0 Å². The van der Waals surface area contributed by atoms with Crippen LogP contribution >= 0.6 is 15.9 Å². The van der Waals surface area contributed by atoms with E-state index in [2.05, 4.69) is 22.9 Å². The predicted octanol–water partition coefficient (Wildman–Crippen LogP) is 3.39. The van der Waals surface area contributed by atoms with E-state index >= 15 is 0 Å². The number of hydrogen-bond donors (Lipinski definition) is 0. The van der Waals surface area contributed by atoms with Crippen LogP contribution in [0.2, 0.25) is 0 Å². The largest absolute Gasteiger partial charge is 0.454 e. The molecule has 1 atom stereocenters. The molecule has 15 heavy (non-hydrogen) atoms. The Labute approximate surface area is 97.8 Å². The Morgan fingerprint density at radius 3 is 2.87 bits per heavy atom. The monoisotopic (exact) mass is 268 g/mol. The van der Waals surface area contributed by atoms with Crippen LogP contribution in [-0.4, -0.2) is 5.97 Å². The normalized spacial score (nSPS) is 25.3. The third-order valence-electron chi connectivity index (χ3n) is 2.96. The molecule has 1 aromatic rings. The molecular weight excluding hydrogens is 256 g/mol. The lowest BCUT2D eigenvalue weighted by molar-refractivity contribution is -0.149. The summed E-state index contributed by atoms with van der Waals surface area (Å²) in [5.74, 6) is -0.0863. The van der Waals surface area contributed by atoms with Gasteiger partial charge < -0.3 is 4.74 Å². The maximum Gasteiger partial charge on any atom is 0.306 e. The Kier molecular flexibility index (Phi) is 2.83. The molecule has 0 N–H and O–H groups in total. The topological polar surface area (TPSA) is 26.3 Å². The van der Waals surface area contributed by atoms with Crippen LogP contribution in [0.25, 0.3) is 0 Å². The Hall–Kier alpha value is -0.830. The molecule has 0 aliphatic carbocycles. The summed E-state index contributed by atoms with van der Waals surface area (Å²) in [5.41, 5.74) is 0.700. The first-order valence-electron chi connectivity index (χ1n) is 5.14. The number of carbonyl (C=O) groups is 1. The summed E-state index contributed by atoms with van der Waals surface area (Å²) in [7, 11) is 0. The maximum atomic E-state index is 11.2. The fourth-order valence-electron chi connectivity index (χ4n) is 2.05. The first kappa shape index (κ1) is 10.7. The van der Waals surface area contributed by atoms with E-state index in [1.165, 1.54) is 0 Å². The zero-order valence-electron chi connectivity index (χ0n) is 8.63. The van der Waals surface area contributed by atoms with Gasteiger partial charge in [-0.15, -0.1) is 0 Å². The molecule has 0 bridgehead atoms. The van der Waals surface area contributed by atoms with Crippen LogP contribution in [0.3, 0.4) is 0 Å². The van der Waals surface area contributed by atoms with Gasteiger partial charge in [-0.05, 0) is 24.1 Å². The number of rotatable bonds is 2. The van der Waals surface area contributed by atoms with E-state index in [0.29, 0.717) is 6.42 Å². The lowest BCUT2D eigenvalue weighted by Crippen LogP contribution is -2.24. The van der Waals surface area contributed by atoms with Gasteiger partial charge in [-0.25, -0.2) is 0 Å². The molecule has 1 fully saturated rings. The molecule has 1 heterocycles. The van der Waals surface area contributed by atoms with E-state index in [1.807, 2.05) is 24.3 Å². The molecule has 2 nitrogen and oxygen atoms in total. The summed E-state index contributed by atoms with van der Waals surface area (Å²) < 4.78 is 6.50. The highest BCUT2D eigenvalue weighted by Gasteiger charge is 2.40. The molecule has 1 saturated heterocycles. The molecule has 0 amide bonds. The molecule has 0 radical (unpaired) electrons. The molecule has 80 valence electrons. The number of halogens is 1. The first-order chi connectivity index (χ1) is 7.16. The number of hydrogen-bond acceptors (Lipinski definition) is 2. The Balaban J connectivity index is 2.38. The van der Waals surface area contributed by atoms with Gasteiger partial charge in [0.1, 0.15) is 5.60 Å². The van der Waals surface area contributed by atoms with Crippen molar-refractivity contribution in [3.05, 3.63) is 34.3 Å². The Morgan fingerprint density at radius 2 is 2.33 bits per heavy atom. The van der Waals surface area contributed by atoms with Crippen LogP contribution < -0.4 is 0 Å². The van der Waals surface area contributed by atoms with Gasteiger partial charge in [0.15, 0.2) is 0 Å². The molecular formula is C12H13BrO2.